The molecular formula is C15H18N2O3. The monoisotopic (exact) mass is 274 g/mol. The molecule has 1 aromatic heterocycles. The minimum Gasteiger partial charge on any atom is -0.441 e. The van der Waals surface area contributed by atoms with Crippen molar-refractivity contribution >= 4 is 22.7 Å². The van der Waals surface area contributed by atoms with Crippen molar-refractivity contribution in [3.8, 4) is 0 Å². The second kappa shape index (κ2) is 5.25. The molecule has 1 aromatic carbocycles. The summed E-state index contributed by atoms with van der Waals surface area (Å²) in [5.74, 6) is 0.877. The molecule has 1 saturated heterocycles. The molecule has 1 fully saturated rings. The van der Waals surface area contributed by atoms with Crippen molar-refractivity contribution < 1.29 is 13.9 Å². The molecule has 0 radical (unpaired) electrons. The summed E-state index contributed by atoms with van der Waals surface area (Å²) < 4.78 is 11.0. The van der Waals surface area contributed by atoms with Gasteiger partial charge in [-0.2, -0.15) is 0 Å². The molecule has 106 valence electrons. The number of ether oxygens (including phenoxy) is 1. The largest absolute Gasteiger partial charge is 0.441 e. The minimum atomic E-state index is -0.353. The van der Waals surface area contributed by atoms with Crippen LogP contribution in [0.3, 0.4) is 0 Å². The summed E-state index contributed by atoms with van der Waals surface area (Å²) in [6, 6.07) is 5.48. The molecule has 1 N–H and O–H groups in total. The van der Waals surface area contributed by atoms with Gasteiger partial charge in [0.1, 0.15) is 11.6 Å². The Morgan fingerprint density at radius 2 is 2.35 bits per heavy atom. The predicted molar refractivity (Wildman–Crippen MR) is 75.5 cm³/mol. The van der Waals surface area contributed by atoms with Gasteiger partial charge >= 0.3 is 0 Å². The fourth-order valence-electron chi connectivity index (χ4n) is 2.45. The zero-order valence-electron chi connectivity index (χ0n) is 11.7. The Labute approximate surface area is 117 Å². The lowest BCUT2D eigenvalue weighted by atomic mass is 10.0. The first kappa shape index (κ1) is 13.1. The van der Waals surface area contributed by atoms with Crippen molar-refractivity contribution in [2.75, 3.05) is 11.9 Å². The van der Waals surface area contributed by atoms with Gasteiger partial charge in [-0.15, -0.1) is 0 Å². The van der Waals surface area contributed by atoms with E-state index >= 15 is 0 Å². The average molecular weight is 274 g/mol. The molecule has 2 atom stereocenters. The average Bonchev–Trinajstić information content (AvgIpc) is 3.03. The number of nitrogens with zero attached hydrogens (tertiary/aromatic N) is 1. The number of anilines is 1. The smallest absolute Gasteiger partial charge is 0.253 e. The zero-order chi connectivity index (χ0) is 14.1. The van der Waals surface area contributed by atoms with E-state index in [2.05, 4.69) is 10.3 Å². The third-order valence-electron chi connectivity index (χ3n) is 3.65. The Kier molecular flexibility index (Phi) is 3.44. The number of fused-ring (bicyclic) bond motifs is 1. The summed E-state index contributed by atoms with van der Waals surface area (Å²) in [5.41, 5.74) is 2.23. The quantitative estimate of drug-likeness (QED) is 0.934. The van der Waals surface area contributed by atoms with Gasteiger partial charge < -0.3 is 14.5 Å². The number of hydrogen-bond acceptors (Lipinski definition) is 4. The summed E-state index contributed by atoms with van der Waals surface area (Å²) in [6.07, 6.45) is 1.33. The molecule has 0 unspecified atom stereocenters. The van der Waals surface area contributed by atoms with Gasteiger partial charge in [0.2, 0.25) is 0 Å². The molecule has 2 heterocycles. The lowest BCUT2D eigenvalue weighted by Crippen LogP contribution is -2.31. The minimum absolute atomic E-state index is 0.0893. The lowest BCUT2D eigenvalue weighted by molar-refractivity contribution is -0.126. The number of amides is 1. The molecule has 3 rings (SSSR count). The van der Waals surface area contributed by atoms with Gasteiger partial charge in [-0.25, -0.2) is 4.98 Å². The first-order valence-electron chi connectivity index (χ1n) is 6.99. The maximum atomic E-state index is 12.1. The highest BCUT2D eigenvalue weighted by Crippen LogP contribution is 2.23. The van der Waals surface area contributed by atoms with E-state index in [1.54, 1.807) is 0 Å². The maximum absolute atomic E-state index is 12.1. The van der Waals surface area contributed by atoms with E-state index in [0.29, 0.717) is 12.5 Å². The molecule has 0 aliphatic carbocycles. The lowest BCUT2D eigenvalue weighted by Gasteiger charge is -2.14. The highest BCUT2D eigenvalue weighted by Gasteiger charge is 2.30. The highest BCUT2D eigenvalue weighted by atomic mass is 16.5. The number of aromatic nitrogens is 1. The number of aryl methyl sites for hydroxylation is 1. The SMILES string of the molecule is CCc1nc2cc(NC(=O)[C@@H]3OCC[C@H]3C)ccc2o1. The third kappa shape index (κ3) is 2.41. The molecule has 1 amide bonds. The molecule has 5 nitrogen and oxygen atoms in total. The van der Waals surface area contributed by atoms with Gasteiger partial charge in [0.05, 0.1) is 0 Å². The van der Waals surface area contributed by atoms with Gasteiger partial charge in [0.25, 0.3) is 5.91 Å². The van der Waals surface area contributed by atoms with E-state index < -0.39 is 0 Å². The van der Waals surface area contributed by atoms with E-state index in [0.717, 1.165) is 29.6 Å². The van der Waals surface area contributed by atoms with Gasteiger partial charge in [0.15, 0.2) is 11.5 Å². The normalized spacial score (nSPS) is 22.3. The van der Waals surface area contributed by atoms with E-state index in [-0.39, 0.29) is 17.9 Å². The number of oxazole rings is 1. The Morgan fingerprint density at radius 1 is 1.50 bits per heavy atom. The Hall–Kier alpha value is -1.88. The van der Waals surface area contributed by atoms with Crippen LogP contribution in [0.4, 0.5) is 5.69 Å². The van der Waals surface area contributed by atoms with Crippen LogP contribution in [0, 0.1) is 5.92 Å². The molecule has 0 bridgehead atoms. The maximum Gasteiger partial charge on any atom is 0.253 e. The summed E-state index contributed by atoms with van der Waals surface area (Å²) in [6.45, 7) is 4.68. The summed E-state index contributed by atoms with van der Waals surface area (Å²) >= 11 is 0. The zero-order valence-corrected chi connectivity index (χ0v) is 11.7. The van der Waals surface area contributed by atoms with E-state index in [1.807, 2.05) is 32.0 Å². The predicted octanol–water partition coefficient (Wildman–Crippen LogP) is 2.75. The van der Waals surface area contributed by atoms with Crippen molar-refractivity contribution in [1.82, 2.24) is 4.98 Å². The molecular weight excluding hydrogens is 256 g/mol. The number of rotatable bonds is 3. The summed E-state index contributed by atoms with van der Waals surface area (Å²) in [7, 11) is 0. The molecule has 2 aromatic rings. The fraction of sp³-hybridized carbons (Fsp3) is 0.467. The van der Waals surface area contributed by atoms with Gasteiger partial charge in [-0.3, -0.25) is 4.79 Å². The van der Waals surface area contributed by atoms with Crippen molar-refractivity contribution in [1.29, 1.82) is 0 Å². The Morgan fingerprint density at radius 3 is 3.05 bits per heavy atom. The van der Waals surface area contributed by atoms with Gasteiger partial charge in [-0.05, 0) is 30.5 Å². The van der Waals surface area contributed by atoms with Gasteiger partial charge in [0, 0.05) is 18.7 Å². The molecule has 5 heteroatoms. The van der Waals surface area contributed by atoms with Crippen LogP contribution in [-0.4, -0.2) is 23.6 Å². The molecule has 0 saturated carbocycles. The van der Waals surface area contributed by atoms with Crippen molar-refractivity contribution in [3.05, 3.63) is 24.1 Å². The summed E-state index contributed by atoms with van der Waals surface area (Å²) in [4.78, 5) is 16.5. The topological polar surface area (TPSA) is 64.4 Å². The van der Waals surface area contributed by atoms with Crippen LogP contribution in [0.1, 0.15) is 26.2 Å². The summed E-state index contributed by atoms with van der Waals surface area (Å²) in [5, 5.41) is 2.89. The standard InChI is InChI=1S/C15H18N2O3/c1-3-13-17-11-8-10(4-5-12(11)20-13)16-15(18)14-9(2)6-7-19-14/h4-5,8-9,14H,3,6-7H2,1-2H3,(H,16,18)/t9-,14-/m1/s1. The van der Waals surface area contributed by atoms with Gasteiger partial charge in [-0.1, -0.05) is 13.8 Å². The molecule has 0 spiro atoms. The fourth-order valence-corrected chi connectivity index (χ4v) is 2.45. The van der Waals surface area contributed by atoms with E-state index in [1.165, 1.54) is 0 Å². The van der Waals surface area contributed by atoms with E-state index in [9.17, 15) is 4.79 Å². The number of carbonyl (C=O) groups is 1. The van der Waals surface area contributed by atoms with Crippen LogP contribution in [0.2, 0.25) is 0 Å². The first-order valence-corrected chi connectivity index (χ1v) is 6.99. The van der Waals surface area contributed by atoms with Crippen LogP contribution < -0.4 is 5.32 Å². The first-order chi connectivity index (χ1) is 9.67. The van der Waals surface area contributed by atoms with Crippen LogP contribution in [-0.2, 0) is 16.0 Å². The van der Waals surface area contributed by atoms with Crippen molar-refractivity contribution in [2.24, 2.45) is 5.92 Å². The Bertz CT molecular complexity index is 635. The number of nitrogens with one attached hydrogen (secondary N) is 1. The number of carbonyl (C=O) groups excluding carboxylic acids is 1. The molecule has 20 heavy (non-hydrogen) atoms. The van der Waals surface area contributed by atoms with Crippen LogP contribution in [0.25, 0.3) is 11.1 Å². The Balaban J connectivity index is 1.78. The molecule has 1 aliphatic heterocycles. The number of benzene rings is 1. The number of hydrogen-bond donors (Lipinski definition) is 1. The second-order valence-corrected chi connectivity index (χ2v) is 5.19. The van der Waals surface area contributed by atoms with Crippen LogP contribution in [0.15, 0.2) is 22.6 Å². The third-order valence-corrected chi connectivity index (χ3v) is 3.65. The van der Waals surface area contributed by atoms with E-state index in [4.69, 9.17) is 9.15 Å². The molecule has 1 aliphatic rings. The van der Waals surface area contributed by atoms with Crippen LogP contribution >= 0.6 is 0 Å². The second-order valence-electron chi connectivity index (χ2n) is 5.19. The highest BCUT2D eigenvalue weighted by molar-refractivity contribution is 5.96. The van der Waals surface area contributed by atoms with Crippen molar-refractivity contribution in [2.45, 2.75) is 32.8 Å². The van der Waals surface area contributed by atoms with Crippen LogP contribution in [0.5, 0.6) is 0 Å². The van der Waals surface area contributed by atoms with Crippen molar-refractivity contribution in [3.63, 3.8) is 0 Å².